The maximum absolute atomic E-state index is 3.46. The van der Waals surface area contributed by atoms with Gasteiger partial charge >= 0.3 is 0 Å². The minimum Gasteiger partial charge on any atom is -0.106 e. The molecule has 0 fully saturated rings. The summed E-state index contributed by atoms with van der Waals surface area (Å²) in [5.41, 5.74) is 0. The van der Waals surface area contributed by atoms with E-state index in [1.54, 1.807) is 6.08 Å². The lowest BCUT2D eigenvalue weighted by Gasteiger charge is -1.56. The van der Waals surface area contributed by atoms with E-state index in [2.05, 4.69) is 19.7 Å². The summed E-state index contributed by atoms with van der Waals surface area (Å²) in [6.07, 6.45) is 5.58. The molecule has 0 amide bonds. The highest BCUT2D eigenvalue weighted by atomic mass is 13.5. The molecular formula is C7H12. The third-order valence-corrected chi connectivity index (χ3v) is 0.329. The zero-order valence-electron chi connectivity index (χ0n) is 4.85. The monoisotopic (exact) mass is 96.1 g/mol. The van der Waals surface area contributed by atoms with Gasteiger partial charge in [0.05, 0.1) is 0 Å². The van der Waals surface area contributed by atoms with Crippen molar-refractivity contribution in [1.82, 2.24) is 0 Å². The zero-order valence-corrected chi connectivity index (χ0v) is 4.85. The summed E-state index contributed by atoms with van der Waals surface area (Å²) in [5.74, 6) is 0. The molecule has 0 aliphatic rings. The fourth-order valence-electron chi connectivity index (χ4n) is 0.136. The first-order valence-electron chi connectivity index (χ1n) is 2.15. The van der Waals surface area contributed by atoms with E-state index in [0.29, 0.717) is 0 Å². The van der Waals surface area contributed by atoms with E-state index in [0.717, 1.165) is 0 Å². The molecule has 0 heteroatoms. The molecule has 0 rings (SSSR count). The van der Waals surface area contributed by atoms with Gasteiger partial charge in [-0.15, -0.1) is 13.2 Å². The van der Waals surface area contributed by atoms with Crippen LogP contribution in [0.25, 0.3) is 0 Å². The van der Waals surface area contributed by atoms with Crippen LogP contribution in [0.5, 0.6) is 0 Å². The van der Waals surface area contributed by atoms with Gasteiger partial charge in [0.1, 0.15) is 0 Å². The van der Waals surface area contributed by atoms with Gasteiger partial charge in [0.25, 0.3) is 0 Å². The molecule has 40 valence electrons. The Hall–Kier alpha value is -0.780. The first kappa shape index (κ1) is 9.52. The van der Waals surface area contributed by atoms with E-state index < -0.39 is 0 Å². The van der Waals surface area contributed by atoms with Gasteiger partial charge < -0.3 is 0 Å². The first-order valence-corrected chi connectivity index (χ1v) is 2.15. The van der Waals surface area contributed by atoms with E-state index in [4.69, 9.17) is 0 Å². The van der Waals surface area contributed by atoms with Crippen LogP contribution >= 0.6 is 0 Å². The van der Waals surface area contributed by atoms with Gasteiger partial charge in [-0.25, -0.2) is 0 Å². The highest BCUT2D eigenvalue weighted by molar-refractivity contribution is 4.94. The molecule has 0 aliphatic heterocycles. The fourth-order valence-corrected chi connectivity index (χ4v) is 0.136. The second kappa shape index (κ2) is 18.9. The topological polar surface area (TPSA) is 0 Å². The SMILES string of the molecule is C=C.C=C/C=C\C. The van der Waals surface area contributed by atoms with Crippen LogP contribution in [0.3, 0.4) is 0 Å². The molecule has 0 heterocycles. The summed E-state index contributed by atoms with van der Waals surface area (Å²) in [7, 11) is 0. The quantitative estimate of drug-likeness (QED) is 0.347. The lowest BCUT2D eigenvalue weighted by Crippen LogP contribution is -1.33. The van der Waals surface area contributed by atoms with Crippen LogP contribution in [0.15, 0.2) is 38.0 Å². The predicted molar refractivity (Wildman–Crippen MR) is 36.3 cm³/mol. The molecule has 0 spiro atoms. The zero-order chi connectivity index (χ0) is 6.12. The summed E-state index contributed by atoms with van der Waals surface area (Å²) in [5, 5.41) is 0. The molecule has 0 atom stereocenters. The van der Waals surface area contributed by atoms with Crippen molar-refractivity contribution in [1.29, 1.82) is 0 Å². The molecule has 0 nitrogen and oxygen atoms in total. The van der Waals surface area contributed by atoms with E-state index in [1.807, 2.05) is 19.1 Å². The van der Waals surface area contributed by atoms with Crippen LogP contribution in [0, 0.1) is 0 Å². The van der Waals surface area contributed by atoms with Crippen molar-refractivity contribution in [3.8, 4) is 0 Å². The lowest BCUT2D eigenvalue weighted by atomic mass is 10.5. The van der Waals surface area contributed by atoms with Crippen molar-refractivity contribution < 1.29 is 0 Å². The molecule has 0 aromatic carbocycles. The first-order chi connectivity index (χ1) is 3.41. The van der Waals surface area contributed by atoms with Crippen molar-refractivity contribution in [3.63, 3.8) is 0 Å². The van der Waals surface area contributed by atoms with Crippen molar-refractivity contribution in [2.75, 3.05) is 0 Å². The fraction of sp³-hybridized carbons (Fsp3) is 0.143. The van der Waals surface area contributed by atoms with Gasteiger partial charge in [-0.1, -0.05) is 24.8 Å². The number of rotatable bonds is 1. The molecule has 0 saturated carbocycles. The second-order valence-electron chi connectivity index (χ2n) is 0.761. The predicted octanol–water partition coefficient (Wildman–Crippen LogP) is 2.55. The van der Waals surface area contributed by atoms with Crippen LogP contribution in [0.4, 0.5) is 0 Å². The highest BCUT2D eigenvalue weighted by Gasteiger charge is 1.42. The van der Waals surface area contributed by atoms with Gasteiger partial charge in [0.2, 0.25) is 0 Å². The molecule has 0 saturated heterocycles. The van der Waals surface area contributed by atoms with Gasteiger partial charge in [-0.3, -0.25) is 0 Å². The number of allylic oxidation sites excluding steroid dienone is 3. The van der Waals surface area contributed by atoms with Crippen LogP contribution in [0.2, 0.25) is 0 Å². The maximum Gasteiger partial charge on any atom is -0.0467 e. The Morgan fingerprint density at radius 1 is 1.29 bits per heavy atom. The molecule has 0 bridgehead atoms. The standard InChI is InChI=1S/C5H8.C2H4/c1-3-5-4-2;1-2/h3-5H,1H2,2H3;1-2H2/b5-4-;. The second-order valence-corrected chi connectivity index (χ2v) is 0.761. The molecule has 0 unspecified atom stereocenters. The largest absolute Gasteiger partial charge is 0.106 e. The molecule has 0 aliphatic carbocycles. The molecular weight excluding hydrogens is 84.1 g/mol. The number of hydrogen-bond donors (Lipinski definition) is 0. The Kier molecular flexibility index (Phi) is 25.6. The third-order valence-electron chi connectivity index (χ3n) is 0.329. The van der Waals surface area contributed by atoms with Crippen LogP contribution in [-0.2, 0) is 0 Å². The smallest absolute Gasteiger partial charge is 0.0467 e. The molecule has 0 N–H and O–H groups in total. The van der Waals surface area contributed by atoms with Crippen molar-refractivity contribution in [3.05, 3.63) is 38.0 Å². The normalized spacial score (nSPS) is 7.00. The van der Waals surface area contributed by atoms with Crippen LogP contribution in [0.1, 0.15) is 6.92 Å². The third kappa shape index (κ3) is 36.4. The highest BCUT2D eigenvalue weighted by Crippen LogP contribution is 1.64. The Balaban J connectivity index is 0. The Morgan fingerprint density at radius 2 is 1.71 bits per heavy atom. The maximum atomic E-state index is 3.46. The molecule has 0 aromatic rings. The average molecular weight is 96.2 g/mol. The van der Waals surface area contributed by atoms with E-state index >= 15 is 0 Å². The summed E-state index contributed by atoms with van der Waals surface area (Å²) in [4.78, 5) is 0. The Morgan fingerprint density at radius 3 is 1.71 bits per heavy atom. The summed E-state index contributed by atoms with van der Waals surface area (Å²) >= 11 is 0. The van der Waals surface area contributed by atoms with Gasteiger partial charge in [0.15, 0.2) is 0 Å². The van der Waals surface area contributed by atoms with E-state index in [9.17, 15) is 0 Å². The summed E-state index contributed by atoms with van der Waals surface area (Å²) in [6, 6.07) is 0. The summed E-state index contributed by atoms with van der Waals surface area (Å²) in [6.45, 7) is 11.4. The van der Waals surface area contributed by atoms with Crippen molar-refractivity contribution in [2.24, 2.45) is 0 Å². The number of hydrogen-bond acceptors (Lipinski definition) is 0. The molecule has 0 aromatic heterocycles. The van der Waals surface area contributed by atoms with Gasteiger partial charge in [0, 0.05) is 0 Å². The molecule has 7 heavy (non-hydrogen) atoms. The van der Waals surface area contributed by atoms with Crippen LogP contribution in [-0.4, -0.2) is 0 Å². The average Bonchev–Trinajstić information content (AvgIpc) is 1.75. The van der Waals surface area contributed by atoms with Crippen molar-refractivity contribution >= 4 is 0 Å². The van der Waals surface area contributed by atoms with E-state index in [1.165, 1.54) is 0 Å². The lowest BCUT2D eigenvalue weighted by molar-refractivity contribution is 1.74. The summed E-state index contributed by atoms with van der Waals surface area (Å²) < 4.78 is 0. The van der Waals surface area contributed by atoms with Gasteiger partial charge in [-0.05, 0) is 6.92 Å². The minimum absolute atomic E-state index is 1.75. The van der Waals surface area contributed by atoms with Crippen molar-refractivity contribution in [2.45, 2.75) is 6.92 Å². The Labute approximate surface area is 45.9 Å². The Bertz CT molecular complexity index is 51.1. The van der Waals surface area contributed by atoms with Crippen LogP contribution < -0.4 is 0 Å². The van der Waals surface area contributed by atoms with Gasteiger partial charge in [-0.2, -0.15) is 0 Å². The van der Waals surface area contributed by atoms with E-state index in [-0.39, 0.29) is 0 Å². The minimum atomic E-state index is 1.75. The molecule has 0 radical (unpaired) electrons.